The number of carbonyl (C=O) groups excluding carboxylic acids is 2. The molecular weight excluding hydrogens is 327 g/mol. The quantitative estimate of drug-likeness (QED) is 0.626. The second-order valence-electron chi connectivity index (χ2n) is 3.91. The van der Waals surface area contributed by atoms with Gasteiger partial charge in [-0.05, 0) is 0 Å². The molecule has 0 aliphatic heterocycles. The van der Waals surface area contributed by atoms with Gasteiger partial charge in [-0.1, -0.05) is 6.92 Å². The number of carboxylic acids is 1. The van der Waals surface area contributed by atoms with Gasteiger partial charge in [0.1, 0.15) is 5.78 Å². The number of hydrogen-bond donors (Lipinski definition) is 0. The van der Waals surface area contributed by atoms with Crippen LogP contribution in [0.2, 0.25) is 0 Å². The Morgan fingerprint density at radius 2 is 1.53 bits per heavy atom. The van der Waals surface area contributed by atoms with Gasteiger partial charge < -0.3 is 9.90 Å². The minimum atomic E-state index is -1.29. The molecule has 0 atom stereocenters. The van der Waals surface area contributed by atoms with E-state index in [1.165, 1.54) is 0 Å². The summed E-state index contributed by atoms with van der Waals surface area (Å²) in [5, 5.41) is 9.64. The maximum Gasteiger partial charge on any atom is 0.138 e. The van der Waals surface area contributed by atoms with Crippen molar-refractivity contribution in [2.24, 2.45) is 0 Å². The minimum absolute atomic E-state index is 0.272. The molecule has 6 heteroatoms. The molecule has 0 aromatic heterocycles. The van der Waals surface area contributed by atoms with Crippen LogP contribution in [0.15, 0.2) is 0 Å². The van der Waals surface area contributed by atoms with Gasteiger partial charge in [0.2, 0.25) is 0 Å². The first-order valence-corrected chi connectivity index (χ1v) is 8.32. The number of carboxylic acid groups (broad SMARTS) is 1. The van der Waals surface area contributed by atoms with Crippen molar-refractivity contribution in [2.75, 3.05) is 0 Å². The van der Waals surface area contributed by atoms with Crippen LogP contribution in [0.5, 0.6) is 0 Å². The summed E-state index contributed by atoms with van der Waals surface area (Å²) in [7, 11) is 0. The van der Waals surface area contributed by atoms with E-state index in [1.54, 1.807) is 6.92 Å². The van der Waals surface area contributed by atoms with Crippen molar-refractivity contribution < 1.29 is 20.4 Å². The first-order chi connectivity index (χ1) is 7.79. The van der Waals surface area contributed by atoms with Gasteiger partial charge >= 0.3 is 69.4 Å². The van der Waals surface area contributed by atoms with Gasteiger partial charge in [0.05, 0.1) is 0 Å². The Bertz CT molecular complexity index is 208. The van der Waals surface area contributed by atoms with Gasteiger partial charge in [-0.15, -0.1) is 0 Å². The second kappa shape index (κ2) is 12.4. The van der Waals surface area contributed by atoms with Gasteiger partial charge in [0.15, 0.2) is 0 Å². The van der Waals surface area contributed by atoms with Gasteiger partial charge in [-0.25, -0.2) is 0 Å². The fourth-order valence-electron chi connectivity index (χ4n) is 0.540. The van der Waals surface area contributed by atoms with Crippen LogP contribution in [0.3, 0.4) is 0 Å². The average molecular weight is 348 g/mol. The first-order valence-electron chi connectivity index (χ1n) is 5.63. The molecule has 0 aliphatic carbocycles. The molecule has 0 amide bonds. The Balaban J connectivity index is 0. The van der Waals surface area contributed by atoms with Crippen LogP contribution in [-0.4, -0.2) is 47.7 Å². The zero-order valence-electron chi connectivity index (χ0n) is 11.2. The predicted molar refractivity (Wildman–Crippen MR) is 63.1 cm³/mol. The number of hydrogen-bond acceptors (Lipinski definition) is 5. The van der Waals surface area contributed by atoms with E-state index in [4.69, 9.17) is 5.71 Å². The molecule has 0 bridgehead atoms. The molecule has 5 nitrogen and oxygen atoms in total. The van der Waals surface area contributed by atoms with E-state index in [2.05, 4.69) is 0 Å². The summed E-state index contributed by atoms with van der Waals surface area (Å²) in [4.78, 5) is 19.8. The van der Waals surface area contributed by atoms with Crippen molar-refractivity contribution >= 4 is 35.5 Å². The molecule has 0 aromatic rings. The monoisotopic (exact) mass is 348 g/mol. The van der Waals surface area contributed by atoms with Crippen LogP contribution in [-0.2, 0) is 15.3 Å². The summed E-state index contributed by atoms with van der Waals surface area (Å²) in [5.74, 6) is -1.58. The van der Waals surface area contributed by atoms with Crippen molar-refractivity contribution in [2.45, 2.75) is 59.7 Å². The summed E-state index contributed by atoms with van der Waals surface area (Å²) < 4.78 is 10.6. The fraction of sp³-hybridized carbons (Fsp3) is 0.818. The third-order valence-corrected chi connectivity index (χ3v) is 5.13. The molecular formula is C11H21InO5. The number of rotatable bonds is 7. The molecule has 0 N–H and O–H groups in total. The maximum atomic E-state index is 10.2. The molecule has 0 radical (unpaired) electrons. The topological polar surface area (TPSA) is 75.7 Å². The largest absolute Gasteiger partial charge is 0.550 e. The Labute approximate surface area is 115 Å². The molecule has 0 unspecified atom stereocenters. The van der Waals surface area contributed by atoms with Gasteiger partial charge in [-0.3, -0.25) is 4.79 Å². The van der Waals surface area contributed by atoms with E-state index in [9.17, 15) is 14.7 Å². The maximum absolute atomic E-state index is 10.2. The van der Waals surface area contributed by atoms with Gasteiger partial charge in [-0.2, -0.15) is 0 Å². The van der Waals surface area contributed by atoms with Crippen LogP contribution >= 0.6 is 0 Å². The number of Topliss-reactive ketones (excluding diaryl/α,β-unsaturated/α-hetero) is 1. The summed E-state index contributed by atoms with van der Waals surface area (Å²) in [6, 6.07) is 0. The van der Waals surface area contributed by atoms with Gasteiger partial charge in [0, 0.05) is 18.8 Å². The number of carbonyl (C=O) groups is 2. The third kappa shape index (κ3) is 21.7. The van der Waals surface area contributed by atoms with Crippen LogP contribution < -0.4 is 5.11 Å². The molecule has 0 heterocycles. The van der Waals surface area contributed by atoms with Crippen molar-refractivity contribution in [1.29, 1.82) is 0 Å². The second-order valence-corrected chi connectivity index (χ2v) is 6.01. The van der Waals surface area contributed by atoms with E-state index in [-0.39, 0.29) is 12.2 Å². The normalized spacial score (nSPS) is 9.59. The number of ketones is 1. The van der Waals surface area contributed by atoms with Crippen LogP contribution in [0.25, 0.3) is 0 Å². The average Bonchev–Trinajstić information content (AvgIpc) is 2.16. The summed E-state index contributed by atoms with van der Waals surface area (Å²) >= 11 is -1.09. The van der Waals surface area contributed by atoms with E-state index in [0.717, 1.165) is 0 Å². The zero-order valence-corrected chi connectivity index (χ0v) is 14.5. The van der Waals surface area contributed by atoms with E-state index >= 15 is 0 Å². The Hall–Kier alpha value is -0.0699. The molecule has 98 valence electrons. The molecule has 0 saturated heterocycles. The van der Waals surface area contributed by atoms with Crippen molar-refractivity contribution in [3.63, 3.8) is 0 Å². The van der Waals surface area contributed by atoms with E-state index < -0.39 is 36.2 Å². The Morgan fingerprint density at radius 3 is 1.71 bits per heavy atom. The molecule has 0 aromatic carbocycles. The summed E-state index contributed by atoms with van der Waals surface area (Å²) in [6.07, 6.45) is 0.527. The predicted octanol–water partition coefficient (Wildman–Crippen LogP) is 0.476. The Kier molecular flexibility index (Phi) is 14.0. The fourth-order valence-corrected chi connectivity index (χ4v) is 1.99. The first kappa shape index (κ1) is 19.3. The summed E-state index contributed by atoms with van der Waals surface area (Å²) in [6.45, 7) is 9.77. The third-order valence-electron chi connectivity index (χ3n) is 1.39. The van der Waals surface area contributed by atoms with E-state index in [1.807, 2.05) is 27.7 Å². The molecule has 0 rings (SSSR count). The molecule has 17 heavy (non-hydrogen) atoms. The summed E-state index contributed by atoms with van der Waals surface area (Å²) in [5.41, 5.74) is 0. The van der Waals surface area contributed by atoms with E-state index in [0.29, 0.717) is 12.2 Å². The van der Waals surface area contributed by atoms with Crippen molar-refractivity contribution in [3.05, 3.63) is 0 Å². The SMILES string of the molecule is CC(C)[O][In+][O]C(C)C.CCC(=O)CC(=O)[O-]. The van der Waals surface area contributed by atoms with Crippen molar-refractivity contribution in [1.82, 2.24) is 0 Å². The molecule has 0 spiro atoms. The molecule has 0 saturated carbocycles. The van der Waals surface area contributed by atoms with Crippen molar-refractivity contribution in [3.8, 4) is 0 Å². The van der Waals surface area contributed by atoms with Gasteiger partial charge in [0.25, 0.3) is 0 Å². The van der Waals surface area contributed by atoms with Crippen LogP contribution in [0.1, 0.15) is 47.5 Å². The number of aliphatic carboxylic acids is 1. The Morgan fingerprint density at radius 1 is 1.12 bits per heavy atom. The van der Waals surface area contributed by atoms with Crippen LogP contribution in [0.4, 0.5) is 0 Å². The molecule has 0 fully saturated rings. The zero-order chi connectivity index (χ0) is 13.8. The molecule has 0 aliphatic rings. The standard InChI is InChI=1S/C5H8O3.2C3H7O.In/c1-2-4(6)3-5(7)8;2*1-3(2)4;/h2-3H2,1H3,(H,7,8);2*3H,1-2H3;/q;2*-1;+3/p-1. The minimum Gasteiger partial charge on any atom is -0.550 e. The smallest absolute Gasteiger partial charge is 0.138 e. The van der Waals surface area contributed by atoms with Crippen LogP contribution in [0, 0.1) is 0 Å².